The lowest BCUT2D eigenvalue weighted by Crippen LogP contribution is -2.48. The lowest BCUT2D eigenvalue weighted by molar-refractivity contribution is -0.139. The fourth-order valence-corrected chi connectivity index (χ4v) is 5.35. The molecule has 15 heteroatoms. The third-order valence-corrected chi connectivity index (χ3v) is 6.74. The maximum Gasteiger partial charge on any atom is 0.500 e. The quantitative estimate of drug-likeness (QED) is 0.441. The molecule has 2 aliphatic rings. The number of nitrogens with one attached hydrogen (secondary N) is 1. The molecule has 6 atom stereocenters. The van der Waals surface area contributed by atoms with Crippen LogP contribution >= 0.6 is 8.09 Å². The highest BCUT2D eigenvalue weighted by molar-refractivity contribution is 7.58. The van der Waals surface area contributed by atoms with Crippen LogP contribution in [0.25, 0.3) is 11.2 Å². The van der Waals surface area contributed by atoms with Crippen LogP contribution in [0.2, 0.25) is 0 Å². The zero-order chi connectivity index (χ0) is 22.6. The van der Waals surface area contributed by atoms with Gasteiger partial charge in [-0.2, -0.15) is 23.9 Å². The van der Waals surface area contributed by atoms with Crippen LogP contribution in [0.3, 0.4) is 0 Å². The second-order valence-corrected chi connectivity index (χ2v) is 9.12. The van der Waals surface area contributed by atoms with Crippen LogP contribution in [0.1, 0.15) is 27.0 Å². The Morgan fingerprint density at radius 3 is 3.00 bits per heavy atom. The molecule has 4 heterocycles. The zero-order valence-electron chi connectivity index (χ0n) is 16.9. The average molecular weight is 461 g/mol. The standard InChI is InChI=1S/C16H22FN6O7P/c1-4-27-12-9-11(20-15(18)21-12)23(6-19-9)14-16(3,17)10-8(29-14)5-28-31(26,30-10)22-7(2)13(24)25/h6-8,10,14,22,26H,4-5H2,1-3H3,(H2-,18,20,21,24,25)/p+1/t7?,8-,10-,14-,16-,31?/m1/s1. The van der Waals surface area contributed by atoms with Gasteiger partial charge in [-0.25, -0.2) is 9.37 Å². The van der Waals surface area contributed by atoms with E-state index in [1.54, 1.807) is 6.92 Å². The van der Waals surface area contributed by atoms with Gasteiger partial charge in [0.05, 0.1) is 12.9 Å². The summed E-state index contributed by atoms with van der Waals surface area (Å²) in [6.45, 7) is 4.43. The van der Waals surface area contributed by atoms with E-state index in [1.165, 1.54) is 24.7 Å². The van der Waals surface area contributed by atoms with Crippen molar-refractivity contribution in [3.63, 3.8) is 0 Å². The van der Waals surface area contributed by atoms with Crippen LogP contribution in [0, 0.1) is 0 Å². The molecule has 5 N–H and O–H groups in total. The Balaban J connectivity index is 1.65. The maximum absolute atomic E-state index is 16.0. The Kier molecular flexibility index (Phi) is 5.48. The molecule has 2 fully saturated rings. The molecule has 0 aliphatic carbocycles. The lowest BCUT2D eigenvalue weighted by atomic mass is 9.98. The van der Waals surface area contributed by atoms with Crippen LogP contribution in [0.5, 0.6) is 5.88 Å². The van der Waals surface area contributed by atoms with Crippen LogP contribution in [-0.4, -0.2) is 72.6 Å². The Hall–Kier alpha value is -2.22. The summed E-state index contributed by atoms with van der Waals surface area (Å²) in [7, 11) is -3.84. The third-order valence-electron chi connectivity index (χ3n) is 5.02. The van der Waals surface area contributed by atoms with E-state index >= 15 is 4.39 Å². The number of anilines is 1. The molecule has 13 nitrogen and oxygen atoms in total. The topological polar surface area (TPSA) is 176 Å². The van der Waals surface area contributed by atoms with Crippen molar-refractivity contribution >= 4 is 31.2 Å². The van der Waals surface area contributed by atoms with Gasteiger partial charge >= 0.3 is 14.1 Å². The summed E-state index contributed by atoms with van der Waals surface area (Å²) in [6.07, 6.45) is -2.04. The number of carbonyl (C=O) groups is 1. The molecule has 31 heavy (non-hydrogen) atoms. The molecular formula is C16H23FN6O7P+. The van der Waals surface area contributed by atoms with Crippen molar-refractivity contribution in [2.45, 2.75) is 50.9 Å². The molecule has 2 saturated heterocycles. The number of hydrogen-bond donors (Lipinski definition) is 4. The van der Waals surface area contributed by atoms with E-state index in [2.05, 4.69) is 20.0 Å². The number of aromatic nitrogens is 4. The summed E-state index contributed by atoms with van der Waals surface area (Å²) >= 11 is 0. The van der Waals surface area contributed by atoms with E-state index in [9.17, 15) is 9.69 Å². The van der Waals surface area contributed by atoms with Crippen LogP contribution in [-0.2, 0) is 18.6 Å². The van der Waals surface area contributed by atoms with Crippen molar-refractivity contribution in [2.75, 3.05) is 18.9 Å². The molecule has 170 valence electrons. The number of rotatable bonds is 6. The Bertz CT molecular complexity index is 1010. The van der Waals surface area contributed by atoms with Crippen molar-refractivity contribution in [3.8, 4) is 5.88 Å². The number of alkyl halides is 1. The van der Waals surface area contributed by atoms with Crippen molar-refractivity contribution < 1.29 is 37.7 Å². The molecule has 2 aliphatic heterocycles. The number of hydrogen-bond acceptors (Lipinski definition) is 11. The van der Waals surface area contributed by atoms with E-state index in [0.29, 0.717) is 6.61 Å². The van der Waals surface area contributed by atoms with E-state index in [-0.39, 0.29) is 29.6 Å². The largest absolute Gasteiger partial charge is 0.500 e. The van der Waals surface area contributed by atoms with Gasteiger partial charge in [0.2, 0.25) is 11.8 Å². The first-order chi connectivity index (χ1) is 14.6. The molecule has 0 bridgehead atoms. The highest BCUT2D eigenvalue weighted by atomic mass is 31.2. The van der Waals surface area contributed by atoms with Crippen molar-refractivity contribution in [2.24, 2.45) is 0 Å². The normalized spacial score (nSPS) is 33.9. The van der Waals surface area contributed by atoms with Crippen LogP contribution in [0.15, 0.2) is 6.33 Å². The Morgan fingerprint density at radius 1 is 1.58 bits per heavy atom. The van der Waals surface area contributed by atoms with Crippen LogP contribution < -0.4 is 15.6 Å². The number of imidazole rings is 1. The number of halogens is 1. The van der Waals surface area contributed by atoms with E-state index < -0.39 is 44.2 Å². The molecule has 0 aromatic carbocycles. The predicted octanol–water partition coefficient (Wildman–Crippen LogP) is 0.581. The van der Waals surface area contributed by atoms with Crippen molar-refractivity contribution in [3.05, 3.63) is 6.33 Å². The summed E-state index contributed by atoms with van der Waals surface area (Å²) in [6, 6.07) is -1.17. The molecule has 2 unspecified atom stereocenters. The minimum absolute atomic E-state index is 0.0829. The molecule has 0 saturated carbocycles. The van der Waals surface area contributed by atoms with Crippen molar-refractivity contribution in [1.82, 2.24) is 24.6 Å². The summed E-state index contributed by atoms with van der Waals surface area (Å²) < 4.78 is 39.4. The number of aliphatic carboxylic acids is 1. The van der Waals surface area contributed by atoms with Gasteiger partial charge in [-0.1, -0.05) is 0 Å². The fourth-order valence-electron chi connectivity index (χ4n) is 3.55. The molecule has 2 aromatic heterocycles. The predicted molar refractivity (Wildman–Crippen MR) is 105 cm³/mol. The first-order valence-corrected chi connectivity index (χ1v) is 11.1. The van der Waals surface area contributed by atoms with Gasteiger partial charge in [-0.15, -0.1) is 5.09 Å². The minimum atomic E-state index is -3.84. The second-order valence-electron chi connectivity index (χ2n) is 7.35. The van der Waals surface area contributed by atoms with Gasteiger partial charge in [0, 0.05) is 0 Å². The Morgan fingerprint density at radius 2 is 2.32 bits per heavy atom. The number of carboxylic acid groups (broad SMARTS) is 1. The van der Waals surface area contributed by atoms with Gasteiger partial charge in [0.15, 0.2) is 29.2 Å². The number of nitrogens with zero attached hydrogens (tertiary/aromatic N) is 4. The minimum Gasteiger partial charge on any atom is -0.480 e. The fraction of sp³-hybridized carbons (Fsp3) is 0.625. The van der Waals surface area contributed by atoms with Gasteiger partial charge < -0.3 is 20.3 Å². The maximum atomic E-state index is 16.0. The molecule has 0 spiro atoms. The first kappa shape index (κ1) is 22.0. The molecular weight excluding hydrogens is 438 g/mol. The first-order valence-electron chi connectivity index (χ1n) is 9.48. The Labute approximate surface area is 176 Å². The van der Waals surface area contributed by atoms with Gasteiger partial charge in [-0.3, -0.25) is 9.36 Å². The zero-order valence-corrected chi connectivity index (χ0v) is 17.8. The number of carboxylic acids is 1. The van der Waals surface area contributed by atoms with Gasteiger partial charge in [0.1, 0.15) is 18.8 Å². The second kappa shape index (κ2) is 7.73. The summed E-state index contributed by atoms with van der Waals surface area (Å²) in [4.78, 5) is 34.0. The van der Waals surface area contributed by atoms with E-state index in [4.69, 9.17) is 29.4 Å². The number of nitrogen functional groups attached to an aromatic ring is 1. The lowest BCUT2D eigenvalue weighted by Gasteiger charge is -2.32. The highest BCUT2D eigenvalue weighted by Gasteiger charge is 2.66. The van der Waals surface area contributed by atoms with Gasteiger partial charge in [0.25, 0.3) is 0 Å². The summed E-state index contributed by atoms with van der Waals surface area (Å²) in [5, 5.41) is 11.4. The van der Waals surface area contributed by atoms with Crippen LogP contribution in [0.4, 0.5) is 10.3 Å². The molecule has 2 aromatic rings. The summed E-state index contributed by atoms with van der Waals surface area (Å²) in [5.74, 6) is -1.15. The smallest absolute Gasteiger partial charge is 0.480 e. The third kappa shape index (κ3) is 3.79. The number of fused-ring (bicyclic) bond motifs is 2. The van der Waals surface area contributed by atoms with Gasteiger partial charge in [-0.05, 0) is 20.8 Å². The van der Waals surface area contributed by atoms with E-state index in [0.717, 1.165) is 0 Å². The number of ether oxygens (including phenoxy) is 2. The number of nitrogens with two attached hydrogens (primary N) is 1. The molecule has 0 amide bonds. The molecule has 4 rings (SSSR count). The highest BCUT2D eigenvalue weighted by Crippen LogP contribution is 2.62. The van der Waals surface area contributed by atoms with E-state index in [1.807, 2.05) is 0 Å². The SMILES string of the molecule is CCOc1nc(N)nc2c1ncn2[C@@H]1O[C@@H]2CO[P+](O)(NC(C)C(=O)O)O[C@H]2[C@@]1(C)F. The monoisotopic (exact) mass is 461 g/mol. The average Bonchev–Trinajstić information content (AvgIpc) is 3.20. The molecule has 0 radical (unpaired) electrons. The van der Waals surface area contributed by atoms with Crippen molar-refractivity contribution in [1.29, 1.82) is 0 Å². The summed E-state index contributed by atoms with van der Waals surface area (Å²) in [5.41, 5.74) is 4.08.